The summed E-state index contributed by atoms with van der Waals surface area (Å²) in [6.45, 7) is 1.93. The second-order valence-electron chi connectivity index (χ2n) is 0.316. The first kappa shape index (κ1) is 16.8. The van der Waals surface area contributed by atoms with Crippen molar-refractivity contribution in [2.24, 2.45) is 0 Å². The minimum absolute atomic E-state index is 0. The fourth-order valence-electron chi connectivity index (χ4n) is 0. The summed E-state index contributed by atoms with van der Waals surface area (Å²) in [7, 11) is 0. The number of aliphatic hydroxyl groups is 1. The van der Waals surface area contributed by atoms with Crippen molar-refractivity contribution in [3.8, 4) is 0 Å². The average molecular weight is 92.1 g/mol. The van der Waals surface area contributed by atoms with Crippen LogP contribution in [0.2, 0.25) is 0 Å². The molecule has 0 aromatic carbocycles. The molecule has 0 fully saturated rings. The quantitative estimate of drug-likeness (QED) is 0.334. The number of hydrogen-bond donors (Lipinski definition) is 1. The Hall–Kier alpha value is 0.907. The Balaban J connectivity index is -0.00000000200. The van der Waals surface area contributed by atoms with Crippen molar-refractivity contribution < 1.29 is 28.2 Å². The van der Waals surface area contributed by atoms with Crippen molar-refractivity contribution in [2.45, 2.75) is 6.92 Å². The van der Waals surface area contributed by atoms with Crippen LogP contribution in [0, 0.1) is 0 Å². The molecular formula is C2H13LiOS. The third-order valence-corrected chi connectivity index (χ3v) is 0. The Morgan fingerprint density at radius 1 is 2.00 bits per heavy atom. The van der Waals surface area contributed by atoms with Crippen molar-refractivity contribution in [3.05, 3.63) is 0 Å². The molecule has 0 rings (SSSR count). The van der Waals surface area contributed by atoms with Gasteiger partial charge in [-0.3, -0.25) is 0 Å². The zero-order valence-electron chi connectivity index (χ0n) is 4.65. The van der Waals surface area contributed by atoms with Crippen LogP contribution in [0.15, 0.2) is 0 Å². The van der Waals surface area contributed by atoms with Gasteiger partial charge in [0.05, 0.1) is 0 Å². The molecule has 0 aromatic rings. The maximum absolute atomic E-state index is 7.57. The van der Waals surface area contributed by atoms with Crippen molar-refractivity contribution >= 4 is 13.5 Å². The number of hydrogen-bond acceptors (Lipinski definition) is 1. The zero-order chi connectivity index (χ0) is 2.71. The molecule has 0 aromatic heterocycles. The third-order valence-electron chi connectivity index (χ3n) is 0. The smallest absolute Gasteiger partial charge is 1.00 e. The van der Waals surface area contributed by atoms with Crippen molar-refractivity contribution in [1.29, 1.82) is 0 Å². The molecule has 0 bridgehead atoms. The molecule has 0 heterocycles. The predicted octanol–water partition coefficient (Wildman–Crippen LogP) is -2.28. The molecule has 0 spiro atoms. The van der Waals surface area contributed by atoms with E-state index in [0.29, 0.717) is 0 Å². The second-order valence-corrected chi connectivity index (χ2v) is 0.316. The third kappa shape index (κ3) is 50.4. The van der Waals surface area contributed by atoms with Crippen molar-refractivity contribution in [3.63, 3.8) is 0 Å². The van der Waals surface area contributed by atoms with E-state index in [1.807, 2.05) is 0 Å². The zero-order valence-corrected chi connectivity index (χ0v) is 4.65. The van der Waals surface area contributed by atoms with Crippen LogP contribution in [-0.4, -0.2) is 11.7 Å². The maximum Gasteiger partial charge on any atom is 1.00 e. The minimum atomic E-state index is 0. The second kappa shape index (κ2) is 20.6. The van der Waals surface area contributed by atoms with Crippen LogP contribution >= 0.6 is 13.5 Å². The first-order valence-corrected chi connectivity index (χ1v) is 1.02. The predicted molar refractivity (Wildman–Crippen MR) is 28.5 cm³/mol. The Kier molecular flexibility index (Phi) is 69.3. The molecule has 34 valence electrons. The van der Waals surface area contributed by atoms with Gasteiger partial charge in [-0.05, 0) is 6.92 Å². The maximum atomic E-state index is 7.57. The van der Waals surface area contributed by atoms with Gasteiger partial charge in [0.2, 0.25) is 0 Å². The van der Waals surface area contributed by atoms with Crippen LogP contribution in [0.5, 0.6) is 0 Å². The summed E-state index contributed by atoms with van der Waals surface area (Å²) in [5.74, 6) is 0. The molecule has 0 unspecified atom stereocenters. The van der Waals surface area contributed by atoms with Gasteiger partial charge in [-0.1, -0.05) is 0 Å². The van der Waals surface area contributed by atoms with Gasteiger partial charge < -0.3 is 6.53 Å². The largest absolute Gasteiger partial charge is 1.00 e. The molecule has 1 N–H and O–H groups in total. The number of rotatable bonds is 0. The van der Waals surface area contributed by atoms with Gasteiger partial charge >= 0.3 is 18.9 Å². The number of aliphatic hydroxyl groups excluding tert-OH is 1. The molecule has 0 aliphatic rings. The topological polar surface area (TPSA) is 20.2 Å². The van der Waals surface area contributed by atoms with Crippen molar-refractivity contribution in [2.75, 3.05) is 6.61 Å². The van der Waals surface area contributed by atoms with E-state index in [9.17, 15) is 0 Å². The molecule has 0 aliphatic heterocycles. The fraction of sp³-hybridized carbons (Fsp3) is 1.00. The van der Waals surface area contributed by atoms with Gasteiger partial charge in [0.1, 0.15) is 0 Å². The summed E-state index contributed by atoms with van der Waals surface area (Å²) in [6.07, 6.45) is 0. The van der Waals surface area contributed by atoms with Crippen LogP contribution < -0.4 is 18.9 Å². The molecule has 1 nitrogen and oxygen atoms in total. The first-order chi connectivity index (χ1) is 1.41. The molecule has 0 atom stereocenters. The van der Waals surface area contributed by atoms with Crippen LogP contribution in [0.1, 0.15) is 11.2 Å². The molecule has 0 saturated heterocycles. The Labute approximate surface area is 55.8 Å². The Morgan fingerprint density at radius 3 is 2.00 bits per heavy atom. The van der Waals surface area contributed by atoms with Gasteiger partial charge in [-0.2, -0.15) is 13.5 Å². The minimum Gasteiger partial charge on any atom is -1.00 e. The Bertz CT molecular complexity index is 17.2. The van der Waals surface area contributed by atoms with E-state index in [0.717, 1.165) is 0 Å². The summed E-state index contributed by atoms with van der Waals surface area (Å²) in [4.78, 5) is 0. The average Bonchev–Trinajstić information content (AvgIpc) is 0.918. The summed E-state index contributed by atoms with van der Waals surface area (Å²) in [5, 5.41) is 7.57. The van der Waals surface area contributed by atoms with Crippen LogP contribution in [0.25, 0.3) is 0 Å². The van der Waals surface area contributed by atoms with E-state index < -0.39 is 0 Å². The molecule has 0 amide bonds. The SMILES string of the molecule is CCO.S.[H-].[HH].[HH].[Li+]. The molecule has 0 saturated carbocycles. The van der Waals surface area contributed by atoms with E-state index in [2.05, 4.69) is 0 Å². The van der Waals surface area contributed by atoms with Crippen LogP contribution in [0.3, 0.4) is 0 Å². The van der Waals surface area contributed by atoms with Gasteiger partial charge in [-0.25, -0.2) is 0 Å². The normalized spacial score (nSPS) is 3.60. The van der Waals surface area contributed by atoms with Crippen LogP contribution in [-0.2, 0) is 0 Å². The van der Waals surface area contributed by atoms with Crippen LogP contribution in [0.4, 0.5) is 0 Å². The standard InChI is InChI=1S/C2H6O.Li.H2S.2H2.H/c1-2-3;;;;;/h3H,2H2,1H3;;1H2;2*1H;/q;+1;;;;-1. The van der Waals surface area contributed by atoms with E-state index >= 15 is 0 Å². The fourth-order valence-corrected chi connectivity index (χ4v) is 0. The summed E-state index contributed by atoms with van der Waals surface area (Å²) < 4.78 is 0. The monoisotopic (exact) mass is 92.1 g/mol. The molecular weight excluding hydrogens is 79.0 g/mol. The van der Waals surface area contributed by atoms with E-state index in [1.165, 1.54) is 0 Å². The van der Waals surface area contributed by atoms with Gasteiger partial charge in [0, 0.05) is 9.46 Å². The van der Waals surface area contributed by atoms with E-state index in [-0.39, 0.29) is 43.2 Å². The van der Waals surface area contributed by atoms with E-state index in [4.69, 9.17) is 5.11 Å². The summed E-state index contributed by atoms with van der Waals surface area (Å²) >= 11 is 0. The molecule has 5 heavy (non-hydrogen) atoms. The first-order valence-electron chi connectivity index (χ1n) is 1.02. The van der Waals surface area contributed by atoms with Crippen molar-refractivity contribution in [1.82, 2.24) is 0 Å². The molecule has 3 heteroatoms. The molecule has 0 radical (unpaired) electrons. The van der Waals surface area contributed by atoms with Gasteiger partial charge in [0.25, 0.3) is 0 Å². The summed E-state index contributed by atoms with van der Waals surface area (Å²) in [6, 6.07) is 0. The Morgan fingerprint density at radius 2 is 2.00 bits per heavy atom. The van der Waals surface area contributed by atoms with Gasteiger partial charge in [-0.15, -0.1) is 0 Å². The molecule has 0 aliphatic carbocycles. The van der Waals surface area contributed by atoms with E-state index in [1.54, 1.807) is 6.92 Å². The van der Waals surface area contributed by atoms with Gasteiger partial charge in [0.15, 0.2) is 0 Å². The summed E-state index contributed by atoms with van der Waals surface area (Å²) in [5.41, 5.74) is 0.